The van der Waals surface area contributed by atoms with E-state index in [-0.39, 0.29) is 17.3 Å². The molecule has 3 rings (SSSR count). The molecule has 0 aliphatic heterocycles. The van der Waals surface area contributed by atoms with E-state index in [4.69, 9.17) is 17.0 Å². The van der Waals surface area contributed by atoms with Crippen LogP contribution in [0.3, 0.4) is 0 Å². The first-order valence-electron chi connectivity index (χ1n) is 9.08. The van der Waals surface area contributed by atoms with Gasteiger partial charge in [-0.3, -0.25) is 9.88 Å². The second-order valence-corrected chi connectivity index (χ2v) is 8.03. The van der Waals surface area contributed by atoms with Gasteiger partial charge in [-0.05, 0) is 47.5 Å². The number of hydrogen-bond acceptors (Lipinski definition) is 4. The van der Waals surface area contributed by atoms with Crippen LogP contribution in [0.25, 0.3) is 5.69 Å². The zero-order valence-corrected chi connectivity index (χ0v) is 17.3. The lowest BCUT2D eigenvalue weighted by Gasteiger charge is -2.32. The highest BCUT2D eigenvalue weighted by molar-refractivity contribution is 7.71. The first-order chi connectivity index (χ1) is 13.3. The summed E-state index contributed by atoms with van der Waals surface area (Å²) in [6.45, 7) is 6.85. The molecule has 0 radical (unpaired) electrons. The van der Waals surface area contributed by atoms with Gasteiger partial charge in [0.05, 0.1) is 19.5 Å². The number of ether oxygens (including phenoxy) is 1. The van der Waals surface area contributed by atoms with Crippen molar-refractivity contribution in [3.8, 4) is 11.4 Å². The highest BCUT2D eigenvalue weighted by Gasteiger charge is 2.26. The Hall–Kier alpha value is -2.51. The van der Waals surface area contributed by atoms with Crippen LogP contribution in [0.4, 0.5) is 4.39 Å². The maximum atomic E-state index is 13.3. The van der Waals surface area contributed by atoms with Crippen LogP contribution in [0.5, 0.6) is 5.75 Å². The van der Waals surface area contributed by atoms with E-state index in [1.54, 1.807) is 18.1 Å². The van der Waals surface area contributed by atoms with E-state index in [2.05, 4.69) is 31.2 Å². The minimum Gasteiger partial charge on any atom is -0.495 e. The van der Waals surface area contributed by atoms with Gasteiger partial charge in [-0.1, -0.05) is 45.0 Å². The normalized spacial score (nSPS) is 12.8. The van der Waals surface area contributed by atoms with E-state index in [1.165, 1.54) is 12.1 Å². The van der Waals surface area contributed by atoms with Crippen LogP contribution in [0.15, 0.2) is 54.9 Å². The Balaban J connectivity index is 1.84. The Morgan fingerprint density at radius 1 is 1.14 bits per heavy atom. The first kappa shape index (κ1) is 20.2. The van der Waals surface area contributed by atoms with Crippen molar-refractivity contribution in [1.29, 1.82) is 0 Å². The smallest absolute Gasteiger partial charge is 0.203 e. The molecule has 3 aromatic rings. The maximum Gasteiger partial charge on any atom is 0.203 e. The number of aromatic nitrogens is 3. The van der Waals surface area contributed by atoms with Crippen molar-refractivity contribution in [3.05, 3.63) is 71.0 Å². The average Bonchev–Trinajstić information content (AvgIpc) is 3.02. The molecule has 0 aliphatic rings. The van der Waals surface area contributed by atoms with Crippen LogP contribution in [0.1, 0.15) is 32.4 Å². The van der Waals surface area contributed by atoms with Crippen LogP contribution in [0, 0.1) is 16.0 Å². The van der Waals surface area contributed by atoms with Gasteiger partial charge in [0.1, 0.15) is 17.9 Å². The number of benzene rings is 2. The number of nitrogens with one attached hydrogen (secondary N) is 1. The molecule has 0 amide bonds. The minimum absolute atomic E-state index is 0.00594. The second-order valence-electron chi connectivity index (χ2n) is 7.67. The van der Waals surface area contributed by atoms with Gasteiger partial charge in [-0.25, -0.2) is 9.07 Å². The summed E-state index contributed by atoms with van der Waals surface area (Å²) in [6, 6.07) is 14.3. The standard InChI is InChI=1S/C21H25FN4OS/c1-21(2,3)19(15-9-11-16(22)12-10-15)23-13-26-20(28)25(14-24-26)17-7-5-6-8-18(17)27-4/h5-12,14,19,23H,13H2,1-4H3/t19-/m0/s1. The molecule has 1 N–H and O–H groups in total. The molecule has 0 bridgehead atoms. The van der Waals surface area contributed by atoms with E-state index in [0.29, 0.717) is 11.4 Å². The van der Waals surface area contributed by atoms with Crippen molar-refractivity contribution in [3.63, 3.8) is 0 Å². The summed E-state index contributed by atoms with van der Waals surface area (Å²) >= 11 is 5.61. The number of rotatable bonds is 6. The van der Waals surface area contributed by atoms with Gasteiger partial charge in [0.15, 0.2) is 0 Å². The number of para-hydroxylation sites is 2. The van der Waals surface area contributed by atoms with E-state index < -0.39 is 0 Å². The Kier molecular flexibility index (Phi) is 5.96. The number of halogens is 1. The topological polar surface area (TPSA) is 44.0 Å². The van der Waals surface area contributed by atoms with Gasteiger partial charge in [-0.15, -0.1) is 0 Å². The molecule has 5 nitrogen and oxygen atoms in total. The molecule has 0 unspecified atom stereocenters. The lowest BCUT2D eigenvalue weighted by atomic mass is 9.82. The lowest BCUT2D eigenvalue weighted by molar-refractivity contribution is 0.251. The predicted molar refractivity (Wildman–Crippen MR) is 111 cm³/mol. The van der Waals surface area contributed by atoms with Crippen molar-refractivity contribution in [2.24, 2.45) is 5.41 Å². The fourth-order valence-corrected chi connectivity index (χ4v) is 3.45. The van der Waals surface area contributed by atoms with Gasteiger partial charge < -0.3 is 4.74 Å². The molecule has 0 saturated heterocycles. The average molecular weight is 401 g/mol. The molecule has 1 aromatic heterocycles. The van der Waals surface area contributed by atoms with Crippen LogP contribution in [0.2, 0.25) is 0 Å². The minimum atomic E-state index is -0.241. The van der Waals surface area contributed by atoms with E-state index in [9.17, 15) is 4.39 Å². The highest BCUT2D eigenvalue weighted by atomic mass is 32.1. The van der Waals surface area contributed by atoms with Crippen LogP contribution < -0.4 is 10.1 Å². The summed E-state index contributed by atoms with van der Waals surface area (Å²) in [7, 11) is 1.63. The fraction of sp³-hybridized carbons (Fsp3) is 0.333. The molecular formula is C21H25FN4OS. The summed E-state index contributed by atoms with van der Waals surface area (Å²) in [6.07, 6.45) is 1.69. The summed E-state index contributed by atoms with van der Waals surface area (Å²) in [4.78, 5) is 0. The van der Waals surface area contributed by atoms with Crippen molar-refractivity contribution in [2.45, 2.75) is 33.5 Å². The zero-order valence-electron chi connectivity index (χ0n) is 16.5. The van der Waals surface area contributed by atoms with Crippen molar-refractivity contribution in [1.82, 2.24) is 19.7 Å². The summed E-state index contributed by atoms with van der Waals surface area (Å²) in [5.41, 5.74) is 1.78. The number of hydrogen-bond donors (Lipinski definition) is 1. The monoisotopic (exact) mass is 400 g/mol. The molecule has 0 saturated carbocycles. The van der Waals surface area contributed by atoms with Gasteiger partial charge >= 0.3 is 0 Å². The van der Waals surface area contributed by atoms with Crippen LogP contribution in [-0.2, 0) is 6.67 Å². The zero-order chi connectivity index (χ0) is 20.3. The van der Waals surface area contributed by atoms with Crippen molar-refractivity contribution in [2.75, 3.05) is 7.11 Å². The molecular weight excluding hydrogens is 375 g/mol. The second kappa shape index (κ2) is 8.24. The summed E-state index contributed by atoms with van der Waals surface area (Å²) in [5.74, 6) is 0.485. The molecule has 2 aromatic carbocycles. The molecule has 0 fully saturated rings. The maximum absolute atomic E-state index is 13.3. The molecule has 1 atom stereocenters. The lowest BCUT2D eigenvalue weighted by Crippen LogP contribution is -2.34. The van der Waals surface area contributed by atoms with Gasteiger partial charge in [0, 0.05) is 6.04 Å². The predicted octanol–water partition coefficient (Wildman–Crippen LogP) is 4.89. The van der Waals surface area contributed by atoms with Gasteiger partial charge in [-0.2, -0.15) is 5.10 Å². The molecule has 148 valence electrons. The third-order valence-corrected chi connectivity index (χ3v) is 5.00. The van der Waals surface area contributed by atoms with Crippen molar-refractivity contribution >= 4 is 12.2 Å². The summed E-state index contributed by atoms with van der Waals surface area (Å²) in [5, 5.41) is 7.94. The third-order valence-electron chi connectivity index (χ3n) is 4.59. The fourth-order valence-electron chi connectivity index (χ4n) is 3.20. The molecule has 0 spiro atoms. The molecule has 28 heavy (non-hydrogen) atoms. The molecule has 7 heteroatoms. The Morgan fingerprint density at radius 2 is 1.82 bits per heavy atom. The third kappa shape index (κ3) is 4.31. The van der Waals surface area contributed by atoms with E-state index in [1.807, 2.05) is 41.0 Å². The van der Waals surface area contributed by atoms with Gasteiger partial charge in [0.2, 0.25) is 4.77 Å². The number of methoxy groups -OCH3 is 1. The quantitative estimate of drug-likeness (QED) is 0.599. The Labute approximate surface area is 169 Å². The van der Waals surface area contributed by atoms with Crippen molar-refractivity contribution < 1.29 is 9.13 Å². The van der Waals surface area contributed by atoms with Crippen LogP contribution >= 0.6 is 12.2 Å². The Morgan fingerprint density at radius 3 is 2.46 bits per heavy atom. The SMILES string of the molecule is COc1ccccc1-n1cnn(CN[C@@H](c2ccc(F)cc2)C(C)(C)C)c1=S. The van der Waals surface area contributed by atoms with Gasteiger partial charge in [0.25, 0.3) is 0 Å². The van der Waals surface area contributed by atoms with E-state index >= 15 is 0 Å². The van der Waals surface area contributed by atoms with Crippen LogP contribution in [-0.4, -0.2) is 21.5 Å². The highest BCUT2D eigenvalue weighted by Crippen LogP contribution is 2.33. The summed E-state index contributed by atoms with van der Waals surface area (Å²) < 4.78 is 22.8. The largest absolute Gasteiger partial charge is 0.495 e. The molecule has 0 aliphatic carbocycles. The van der Waals surface area contributed by atoms with E-state index in [0.717, 1.165) is 17.0 Å². The Bertz CT molecular complexity index is 989. The molecule has 1 heterocycles. The number of nitrogens with zero attached hydrogens (tertiary/aromatic N) is 3. The first-order valence-corrected chi connectivity index (χ1v) is 9.49.